The molecule has 6 nitrogen and oxygen atoms in total. The van der Waals surface area contributed by atoms with E-state index in [1.54, 1.807) is 26.4 Å². The van der Waals surface area contributed by atoms with Gasteiger partial charge in [0, 0.05) is 41.3 Å². The molecule has 0 saturated carbocycles. The number of hydrogen-bond acceptors (Lipinski definition) is 6. The molecule has 2 unspecified atom stereocenters. The number of rotatable bonds is 7. The Bertz CT molecular complexity index is 1090. The molecule has 2 atom stereocenters. The molecule has 2 aromatic rings. The number of benzene rings is 2. The number of methoxy groups -OCH3 is 2. The van der Waals surface area contributed by atoms with Gasteiger partial charge in [-0.2, -0.15) is 0 Å². The first-order valence-electron chi connectivity index (χ1n) is 11.2. The number of esters is 1. The van der Waals surface area contributed by atoms with Crippen molar-refractivity contribution in [1.82, 2.24) is 5.32 Å². The zero-order chi connectivity index (χ0) is 23.4. The summed E-state index contributed by atoms with van der Waals surface area (Å²) in [6, 6.07) is 15.3. The number of Topliss-reactive ketones (excluding diaryl/α,β-unsaturated/α-hetero) is 1. The molecule has 1 aliphatic carbocycles. The van der Waals surface area contributed by atoms with Gasteiger partial charge in [-0.3, -0.25) is 9.59 Å². The molecule has 0 fully saturated rings. The van der Waals surface area contributed by atoms with Crippen LogP contribution in [0.2, 0.25) is 0 Å². The third-order valence-electron chi connectivity index (χ3n) is 6.29. The first kappa shape index (κ1) is 22.6. The molecule has 4 rings (SSSR count). The van der Waals surface area contributed by atoms with Gasteiger partial charge in [-0.25, -0.2) is 0 Å². The van der Waals surface area contributed by atoms with Crippen molar-refractivity contribution in [1.29, 1.82) is 0 Å². The summed E-state index contributed by atoms with van der Waals surface area (Å²) in [7, 11) is 3.16. The van der Waals surface area contributed by atoms with Gasteiger partial charge in [-0.1, -0.05) is 36.9 Å². The number of ketones is 1. The standard InChI is InChI=1S/C27H29NO5/c1-17-24(27(30)33-15-14-18-8-5-4-6-9-18)25(26-21(28-17)10-7-11-22(26)29)20-16-19(31-2)12-13-23(20)32-3/h4-6,8-9,12-13,16,24-25,28H,1,7,10-11,14-15H2,2-3H3. The maximum absolute atomic E-state index is 13.4. The highest BCUT2D eigenvalue weighted by Crippen LogP contribution is 2.47. The van der Waals surface area contributed by atoms with Crippen LogP contribution in [-0.2, 0) is 20.7 Å². The molecule has 6 heteroatoms. The largest absolute Gasteiger partial charge is 0.497 e. The molecule has 2 aromatic carbocycles. The number of carbonyl (C=O) groups excluding carboxylic acids is 2. The van der Waals surface area contributed by atoms with Crippen LogP contribution in [0, 0.1) is 5.92 Å². The van der Waals surface area contributed by atoms with E-state index in [0.29, 0.717) is 41.2 Å². The van der Waals surface area contributed by atoms with Crippen LogP contribution < -0.4 is 14.8 Å². The predicted octanol–water partition coefficient (Wildman–Crippen LogP) is 4.31. The van der Waals surface area contributed by atoms with E-state index >= 15 is 0 Å². The van der Waals surface area contributed by atoms with Crippen molar-refractivity contribution in [3.63, 3.8) is 0 Å². The Balaban J connectivity index is 1.70. The Kier molecular flexibility index (Phi) is 6.82. The van der Waals surface area contributed by atoms with Gasteiger partial charge in [0.2, 0.25) is 0 Å². The van der Waals surface area contributed by atoms with Gasteiger partial charge in [0.05, 0.1) is 20.8 Å². The Morgan fingerprint density at radius 1 is 1.09 bits per heavy atom. The van der Waals surface area contributed by atoms with E-state index in [0.717, 1.165) is 24.1 Å². The Morgan fingerprint density at radius 2 is 1.88 bits per heavy atom. The third kappa shape index (κ3) is 4.65. The fraction of sp³-hybridized carbons (Fsp3) is 0.333. The lowest BCUT2D eigenvalue weighted by Crippen LogP contribution is -2.41. The molecule has 1 aliphatic heterocycles. The number of nitrogens with one attached hydrogen (secondary N) is 1. The summed E-state index contributed by atoms with van der Waals surface area (Å²) in [5.41, 5.74) is 3.78. The van der Waals surface area contributed by atoms with Crippen molar-refractivity contribution in [2.75, 3.05) is 20.8 Å². The van der Waals surface area contributed by atoms with E-state index in [-0.39, 0.29) is 12.4 Å². The summed E-state index contributed by atoms with van der Waals surface area (Å²) < 4.78 is 16.8. The van der Waals surface area contributed by atoms with Crippen molar-refractivity contribution >= 4 is 11.8 Å². The molecule has 0 saturated heterocycles. The van der Waals surface area contributed by atoms with E-state index in [1.165, 1.54) is 0 Å². The van der Waals surface area contributed by atoms with Gasteiger partial charge >= 0.3 is 5.97 Å². The van der Waals surface area contributed by atoms with Crippen LogP contribution in [0.25, 0.3) is 0 Å². The lowest BCUT2D eigenvalue weighted by atomic mass is 9.71. The number of allylic oxidation sites excluding steroid dienone is 2. The van der Waals surface area contributed by atoms with Crippen molar-refractivity contribution in [3.8, 4) is 11.5 Å². The van der Waals surface area contributed by atoms with Crippen molar-refractivity contribution in [3.05, 3.63) is 83.2 Å². The summed E-state index contributed by atoms with van der Waals surface area (Å²) in [5.74, 6) is -0.491. The average Bonchev–Trinajstić information content (AvgIpc) is 2.83. The van der Waals surface area contributed by atoms with Gasteiger partial charge in [-0.05, 0) is 36.6 Å². The molecule has 2 aliphatic rings. The van der Waals surface area contributed by atoms with Gasteiger partial charge < -0.3 is 19.5 Å². The first-order chi connectivity index (χ1) is 16.0. The minimum absolute atomic E-state index is 0.0354. The quantitative estimate of drug-likeness (QED) is 0.638. The van der Waals surface area contributed by atoms with Crippen LogP contribution in [0.5, 0.6) is 11.5 Å². The lowest BCUT2D eigenvalue weighted by Gasteiger charge is -2.38. The molecule has 33 heavy (non-hydrogen) atoms. The summed E-state index contributed by atoms with van der Waals surface area (Å²) in [6.07, 6.45) is 2.57. The molecular formula is C27H29NO5. The van der Waals surface area contributed by atoms with Crippen molar-refractivity contribution in [2.45, 2.75) is 31.6 Å². The zero-order valence-electron chi connectivity index (χ0n) is 19.1. The fourth-order valence-electron chi connectivity index (χ4n) is 4.69. The normalized spacial score (nSPS) is 20.1. The van der Waals surface area contributed by atoms with Crippen molar-refractivity contribution in [2.24, 2.45) is 5.92 Å². The molecule has 0 aromatic heterocycles. The number of carbonyl (C=O) groups is 2. The summed E-state index contributed by atoms with van der Waals surface area (Å²) >= 11 is 0. The second-order valence-corrected chi connectivity index (χ2v) is 8.29. The van der Waals surface area contributed by atoms with E-state index in [2.05, 4.69) is 11.9 Å². The summed E-state index contributed by atoms with van der Waals surface area (Å²) in [6.45, 7) is 4.39. The lowest BCUT2D eigenvalue weighted by molar-refractivity contribution is -0.147. The first-order valence-corrected chi connectivity index (χ1v) is 11.2. The fourth-order valence-corrected chi connectivity index (χ4v) is 4.69. The highest BCUT2D eigenvalue weighted by atomic mass is 16.5. The summed E-state index contributed by atoms with van der Waals surface area (Å²) in [5, 5.41) is 3.25. The van der Waals surface area contributed by atoms with E-state index < -0.39 is 17.8 Å². The second kappa shape index (κ2) is 9.94. The predicted molar refractivity (Wildman–Crippen MR) is 125 cm³/mol. The Labute approximate surface area is 194 Å². The van der Waals surface area contributed by atoms with Gasteiger partial charge in [-0.15, -0.1) is 0 Å². The molecule has 1 N–H and O–H groups in total. The van der Waals surface area contributed by atoms with Crippen LogP contribution in [0.1, 0.15) is 36.3 Å². The van der Waals surface area contributed by atoms with Gasteiger partial charge in [0.15, 0.2) is 5.78 Å². The molecule has 0 radical (unpaired) electrons. The topological polar surface area (TPSA) is 73.9 Å². The number of hydrogen-bond donors (Lipinski definition) is 1. The molecule has 0 spiro atoms. The van der Waals surface area contributed by atoms with Crippen LogP contribution in [0.4, 0.5) is 0 Å². The van der Waals surface area contributed by atoms with Crippen LogP contribution in [-0.4, -0.2) is 32.6 Å². The Morgan fingerprint density at radius 3 is 2.61 bits per heavy atom. The average molecular weight is 448 g/mol. The second-order valence-electron chi connectivity index (χ2n) is 8.29. The zero-order valence-corrected chi connectivity index (χ0v) is 19.1. The number of ether oxygens (including phenoxy) is 3. The molecule has 0 bridgehead atoms. The monoisotopic (exact) mass is 447 g/mol. The Hall–Kier alpha value is -3.54. The van der Waals surface area contributed by atoms with Gasteiger partial charge in [0.1, 0.15) is 17.4 Å². The highest BCUT2D eigenvalue weighted by Gasteiger charge is 2.45. The van der Waals surface area contributed by atoms with E-state index in [9.17, 15) is 9.59 Å². The third-order valence-corrected chi connectivity index (χ3v) is 6.29. The van der Waals surface area contributed by atoms with Gasteiger partial charge in [0.25, 0.3) is 0 Å². The van der Waals surface area contributed by atoms with Crippen LogP contribution in [0.3, 0.4) is 0 Å². The summed E-state index contributed by atoms with van der Waals surface area (Å²) in [4.78, 5) is 26.5. The molecule has 172 valence electrons. The van der Waals surface area contributed by atoms with E-state index in [4.69, 9.17) is 14.2 Å². The van der Waals surface area contributed by atoms with Crippen LogP contribution in [0.15, 0.2) is 72.1 Å². The maximum atomic E-state index is 13.4. The molecule has 0 amide bonds. The van der Waals surface area contributed by atoms with E-state index in [1.807, 2.05) is 36.4 Å². The maximum Gasteiger partial charge on any atom is 0.315 e. The minimum atomic E-state index is -0.762. The SMILES string of the molecule is C=C1NC2=C(C(=O)CCC2)C(c2cc(OC)ccc2OC)C1C(=O)OCCc1ccccc1. The molecular weight excluding hydrogens is 418 g/mol. The minimum Gasteiger partial charge on any atom is -0.497 e. The van der Waals surface area contributed by atoms with Crippen LogP contribution >= 0.6 is 0 Å². The molecule has 1 heterocycles. The smallest absolute Gasteiger partial charge is 0.315 e. The van der Waals surface area contributed by atoms with Crippen molar-refractivity contribution < 1.29 is 23.8 Å². The highest BCUT2D eigenvalue weighted by molar-refractivity contribution is 6.00.